The predicted molar refractivity (Wildman–Crippen MR) is 96.6 cm³/mol. The highest BCUT2D eigenvalue weighted by Gasteiger charge is 2.17. The van der Waals surface area contributed by atoms with Crippen LogP contribution in [0.3, 0.4) is 0 Å². The summed E-state index contributed by atoms with van der Waals surface area (Å²) in [6.07, 6.45) is -0.882. The van der Waals surface area contributed by atoms with E-state index in [4.69, 9.17) is 32.7 Å². The summed E-state index contributed by atoms with van der Waals surface area (Å²) in [7, 11) is 0. The van der Waals surface area contributed by atoms with Gasteiger partial charge in [-0.25, -0.2) is 13.9 Å². The molecular formula is C18H13Cl2FN2O3. The van der Waals surface area contributed by atoms with E-state index in [0.717, 1.165) is 0 Å². The molecule has 0 radical (unpaired) electrons. The van der Waals surface area contributed by atoms with Gasteiger partial charge in [-0.2, -0.15) is 0 Å². The van der Waals surface area contributed by atoms with Gasteiger partial charge in [0.25, 0.3) is 0 Å². The van der Waals surface area contributed by atoms with Gasteiger partial charge in [0.1, 0.15) is 5.82 Å². The topological polar surface area (TPSA) is 53.4 Å². The maximum Gasteiger partial charge on any atom is 0.515 e. The lowest BCUT2D eigenvalue weighted by Gasteiger charge is -2.08. The molecule has 134 valence electrons. The summed E-state index contributed by atoms with van der Waals surface area (Å²) in [5.74, 6) is -0.502. The lowest BCUT2D eigenvalue weighted by molar-refractivity contribution is 0.102. The summed E-state index contributed by atoms with van der Waals surface area (Å²) < 4.78 is 25.1. The molecule has 3 rings (SSSR count). The van der Waals surface area contributed by atoms with Crippen LogP contribution in [-0.2, 0) is 4.74 Å². The SMILES string of the molecule is CCOC(=O)Oc1cc(-c2cc(F)cc(Cl)c2)n(-c2cccc(Cl)c2)n1. The zero-order valence-corrected chi connectivity index (χ0v) is 15.1. The first-order valence-corrected chi connectivity index (χ1v) is 8.39. The third-order valence-electron chi connectivity index (χ3n) is 3.35. The molecule has 0 saturated heterocycles. The highest BCUT2D eigenvalue weighted by atomic mass is 35.5. The first kappa shape index (κ1) is 18.2. The molecule has 0 fully saturated rings. The number of hydrogen-bond donors (Lipinski definition) is 0. The van der Waals surface area contributed by atoms with Crippen molar-refractivity contribution in [2.24, 2.45) is 0 Å². The van der Waals surface area contributed by atoms with E-state index in [1.807, 2.05) is 0 Å². The normalized spacial score (nSPS) is 10.6. The first-order chi connectivity index (χ1) is 12.5. The summed E-state index contributed by atoms with van der Waals surface area (Å²) in [4.78, 5) is 11.6. The quantitative estimate of drug-likeness (QED) is 0.546. The van der Waals surface area contributed by atoms with Gasteiger partial charge in [0, 0.05) is 21.7 Å². The lowest BCUT2D eigenvalue weighted by atomic mass is 10.1. The fourth-order valence-electron chi connectivity index (χ4n) is 2.35. The molecule has 0 N–H and O–H groups in total. The van der Waals surface area contributed by atoms with Crippen LogP contribution in [0.4, 0.5) is 9.18 Å². The van der Waals surface area contributed by atoms with Crippen molar-refractivity contribution < 1.29 is 18.7 Å². The van der Waals surface area contributed by atoms with E-state index in [1.165, 1.54) is 22.9 Å². The van der Waals surface area contributed by atoms with E-state index in [9.17, 15) is 9.18 Å². The molecule has 0 saturated carbocycles. The molecule has 0 unspecified atom stereocenters. The van der Waals surface area contributed by atoms with Gasteiger partial charge in [-0.1, -0.05) is 29.3 Å². The van der Waals surface area contributed by atoms with Gasteiger partial charge in [-0.3, -0.25) is 0 Å². The maximum atomic E-state index is 13.8. The van der Waals surface area contributed by atoms with Crippen LogP contribution in [0.25, 0.3) is 16.9 Å². The molecule has 0 aliphatic heterocycles. The Hall–Kier alpha value is -2.57. The second-order valence-electron chi connectivity index (χ2n) is 5.20. The van der Waals surface area contributed by atoms with E-state index < -0.39 is 12.0 Å². The number of halogens is 3. The Balaban J connectivity index is 2.11. The Morgan fingerprint density at radius 1 is 1.15 bits per heavy atom. The van der Waals surface area contributed by atoms with Gasteiger partial charge in [0.05, 0.1) is 18.0 Å². The number of aromatic nitrogens is 2. The number of carbonyl (C=O) groups is 1. The summed E-state index contributed by atoms with van der Waals surface area (Å²) in [6, 6.07) is 12.5. The third-order valence-corrected chi connectivity index (χ3v) is 3.80. The van der Waals surface area contributed by atoms with Crippen LogP contribution >= 0.6 is 23.2 Å². The van der Waals surface area contributed by atoms with Crippen molar-refractivity contribution in [3.63, 3.8) is 0 Å². The van der Waals surface area contributed by atoms with Crippen LogP contribution < -0.4 is 4.74 Å². The maximum absolute atomic E-state index is 13.8. The van der Waals surface area contributed by atoms with Crippen molar-refractivity contribution in [2.75, 3.05) is 6.61 Å². The Bertz CT molecular complexity index is 939. The smallest absolute Gasteiger partial charge is 0.434 e. The van der Waals surface area contributed by atoms with Gasteiger partial charge in [0.15, 0.2) is 0 Å². The molecule has 0 aliphatic rings. The minimum Gasteiger partial charge on any atom is -0.434 e. The van der Waals surface area contributed by atoms with E-state index in [-0.39, 0.29) is 17.5 Å². The Labute approximate surface area is 158 Å². The Morgan fingerprint density at radius 2 is 1.96 bits per heavy atom. The van der Waals surface area contributed by atoms with Crippen molar-refractivity contribution in [1.29, 1.82) is 0 Å². The highest BCUT2D eigenvalue weighted by Crippen LogP contribution is 2.30. The third kappa shape index (κ3) is 4.15. The largest absolute Gasteiger partial charge is 0.515 e. The number of hydrogen-bond acceptors (Lipinski definition) is 4. The average molecular weight is 395 g/mol. The fraction of sp³-hybridized carbons (Fsp3) is 0.111. The molecule has 5 nitrogen and oxygen atoms in total. The molecule has 3 aromatic rings. The van der Waals surface area contributed by atoms with Crippen molar-refractivity contribution in [2.45, 2.75) is 6.92 Å². The molecule has 0 spiro atoms. The van der Waals surface area contributed by atoms with Gasteiger partial charge >= 0.3 is 6.16 Å². The Morgan fingerprint density at radius 3 is 2.65 bits per heavy atom. The number of ether oxygens (including phenoxy) is 2. The molecule has 1 heterocycles. The number of nitrogens with zero attached hydrogens (tertiary/aromatic N) is 2. The molecule has 2 aromatic carbocycles. The predicted octanol–water partition coefficient (Wildman–Crippen LogP) is 5.52. The van der Waals surface area contributed by atoms with Crippen LogP contribution in [0.5, 0.6) is 5.88 Å². The fourth-order valence-corrected chi connectivity index (χ4v) is 2.76. The van der Waals surface area contributed by atoms with Crippen LogP contribution in [0.15, 0.2) is 48.5 Å². The molecule has 1 aromatic heterocycles. The molecule has 0 amide bonds. The van der Waals surface area contributed by atoms with Crippen LogP contribution in [0.1, 0.15) is 6.92 Å². The summed E-state index contributed by atoms with van der Waals surface area (Å²) in [5.41, 5.74) is 1.53. The second kappa shape index (κ2) is 7.76. The van der Waals surface area contributed by atoms with Crippen molar-refractivity contribution in [1.82, 2.24) is 9.78 Å². The zero-order valence-electron chi connectivity index (χ0n) is 13.6. The zero-order chi connectivity index (χ0) is 18.7. The van der Waals surface area contributed by atoms with E-state index >= 15 is 0 Å². The van der Waals surface area contributed by atoms with E-state index in [2.05, 4.69) is 5.10 Å². The second-order valence-corrected chi connectivity index (χ2v) is 6.08. The van der Waals surface area contributed by atoms with Crippen LogP contribution in [0.2, 0.25) is 10.0 Å². The molecular weight excluding hydrogens is 382 g/mol. The molecule has 8 heteroatoms. The van der Waals surface area contributed by atoms with Crippen LogP contribution in [0, 0.1) is 5.82 Å². The van der Waals surface area contributed by atoms with Crippen molar-refractivity contribution >= 4 is 29.4 Å². The van der Waals surface area contributed by atoms with E-state index in [1.54, 1.807) is 37.3 Å². The number of rotatable bonds is 4. The van der Waals surface area contributed by atoms with E-state index in [0.29, 0.717) is 22.0 Å². The van der Waals surface area contributed by atoms with Gasteiger partial charge < -0.3 is 9.47 Å². The summed E-state index contributed by atoms with van der Waals surface area (Å²) in [6.45, 7) is 1.83. The standard InChI is InChI=1S/C18H13Cl2FN2O3/c1-2-25-18(24)26-17-10-16(11-6-13(20)8-14(21)7-11)23(22-17)15-5-3-4-12(19)9-15/h3-10H,2H2,1H3. The monoisotopic (exact) mass is 394 g/mol. The average Bonchev–Trinajstić information content (AvgIpc) is 2.98. The first-order valence-electron chi connectivity index (χ1n) is 7.63. The molecule has 0 aliphatic carbocycles. The van der Waals surface area contributed by atoms with Crippen molar-refractivity contribution in [3.8, 4) is 22.8 Å². The van der Waals surface area contributed by atoms with Gasteiger partial charge in [-0.15, -0.1) is 5.10 Å². The summed E-state index contributed by atoms with van der Waals surface area (Å²) >= 11 is 12.0. The van der Waals surface area contributed by atoms with Gasteiger partial charge in [-0.05, 0) is 43.3 Å². The Kier molecular flexibility index (Phi) is 5.44. The minimum absolute atomic E-state index is 0.00110. The minimum atomic E-state index is -0.882. The summed E-state index contributed by atoms with van der Waals surface area (Å²) in [5, 5.41) is 4.97. The number of benzene rings is 2. The van der Waals surface area contributed by atoms with Crippen molar-refractivity contribution in [3.05, 3.63) is 64.4 Å². The molecule has 26 heavy (non-hydrogen) atoms. The highest BCUT2D eigenvalue weighted by molar-refractivity contribution is 6.31. The number of carbonyl (C=O) groups excluding carboxylic acids is 1. The lowest BCUT2D eigenvalue weighted by Crippen LogP contribution is -2.10. The van der Waals surface area contributed by atoms with Gasteiger partial charge in [0.2, 0.25) is 5.88 Å². The van der Waals surface area contributed by atoms with Crippen LogP contribution in [-0.4, -0.2) is 22.5 Å². The molecule has 0 bridgehead atoms. The molecule has 0 atom stereocenters.